The first-order chi connectivity index (χ1) is 13.2. The van der Waals surface area contributed by atoms with Gasteiger partial charge in [-0.3, -0.25) is 4.79 Å². The summed E-state index contributed by atoms with van der Waals surface area (Å²) >= 11 is 0. The molecule has 0 fully saturated rings. The maximum atomic E-state index is 12.7. The highest BCUT2D eigenvalue weighted by Crippen LogP contribution is 2.37. The number of rotatable bonds is 2. The molecule has 2 aliphatic heterocycles. The molecular weight excluding hydrogens is 344 g/mol. The third-order valence-electron chi connectivity index (χ3n) is 5.15. The second-order valence-corrected chi connectivity index (χ2v) is 6.69. The molecule has 0 saturated carbocycles. The second-order valence-electron chi connectivity index (χ2n) is 6.69. The first-order valence-corrected chi connectivity index (χ1v) is 8.83. The fourth-order valence-corrected chi connectivity index (χ4v) is 3.85. The van der Waals surface area contributed by atoms with Crippen molar-refractivity contribution in [1.29, 1.82) is 0 Å². The number of nitrogens with zero attached hydrogens (tertiary/aromatic N) is 1. The monoisotopic (exact) mass is 362 g/mol. The van der Waals surface area contributed by atoms with E-state index in [1.807, 2.05) is 12.1 Å². The van der Waals surface area contributed by atoms with Crippen molar-refractivity contribution in [2.45, 2.75) is 13.1 Å². The van der Waals surface area contributed by atoms with E-state index in [0.717, 1.165) is 47.5 Å². The standard InChI is InChI=1S/C21H18N2O4/c1-26-13-3-5-17-15(9-13)16(18-11-22-6-7-23(17)18)10-20-21(25)14-4-2-12(24)8-19(14)27-20/h2-5,8-10,22,24H,6-7,11H2,1H3/b20-10-. The van der Waals surface area contributed by atoms with Gasteiger partial charge < -0.3 is 24.5 Å². The van der Waals surface area contributed by atoms with Gasteiger partial charge >= 0.3 is 0 Å². The molecule has 2 N–H and O–H groups in total. The van der Waals surface area contributed by atoms with Crippen LogP contribution in [0.4, 0.5) is 0 Å². The topological polar surface area (TPSA) is 72.7 Å². The van der Waals surface area contributed by atoms with Gasteiger partial charge in [0.05, 0.1) is 12.7 Å². The largest absolute Gasteiger partial charge is 0.508 e. The Balaban J connectivity index is 1.69. The number of ether oxygens (including phenoxy) is 2. The maximum absolute atomic E-state index is 12.7. The van der Waals surface area contributed by atoms with Crippen LogP contribution in [0.3, 0.4) is 0 Å². The molecule has 5 rings (SSSR count). The van der Waals surface area contributed by atoms with Crippen molar-refractivity contribution in [3.63, 3.8) is 0 Å². The minimum Gasteiger partial charge on any atom is -0.508 e. The van der Waals surface area contributed by atoms with E-state index >= 15 is 0 Å². The quantitative estimate of drug-likeness (QED) is 0.686. The molecule has 0 aliphatic carbocycles. The van der Waals surface area contributed by atoms with Gasteiger partial charge in [0.2, 0.25) is 5.78 Å². The number of aromatic hydroxyl groups is 1. The van der Waals surface area contributed by atoms with Gasteiger partial charge in [0.15, 0.2) is 5.76 Å². The number of nitrogens with one attached hydrogen (secondary N) is 1. The molecule has 0 radical (unpaired) electrons. The number of benzene rings is 2. The highest BCUT2D eigenvalue weighted by molar-refractivity contribution is 6.15. The van der Waals surface area contributed by atoms with Crippen LogP contribution in [-0.2, 0) is 13.1 Å². The number of Topliss-reactive ketones (excluding diaryl/α,β-unsaturated/α-hetero) is 1. The molecule has 0 amide bonds. The van der Waals surface area contributed by atoms with Crippen molar-refractivity contribution in [3.8, 4) is 17.2 Å². The molecule has 3 heterocycles. The SMILES string of the molecule is COc1ccc2c(c1)c(/C=C1\Oc3cc(O)ccc3C1=O)c1n2CCNC1. The zero-order chi connectivity index (χ0) is 18.5. The predicted octanol–water partition coefficient (Wildman–Crippen LogP) is 3.07. The van der Waals surface area contributed by atoms with Gasteiger partial charge in [0, 0.05) is 47.9 Å². The number of phenols is 1. The molecule has 0 unspecified atom stereocenters. The third kappa shape index (κ3) is 2.41. The Morgan fingerprint density at radius 1 is 1.26 bits per heavy atom. The first kappa shape index (κ1) is 16.0. The summed E-state index contributed by atoms with van der Waals surface area (Å²) in [7, 11) is 1.64. The fourth-order valence-electron chi connectivity index (χ4n) is 3.85. The molecule has 6 nitrogen and oxygen atoms in total. The van der Waals surface area contributed by atoms with Crippen LogP contribution in [0, 0.1) is 0 Å². The van der Waals surface area contributed by atoms with Crippen LogP contribution in [0.25, 0.3) is 17.0 Å². The van der Waals surface area contributed by atoms with Gasteiger partial charge in [-0.15, -0.1) is 0 Å². The summed E-state index contributed by atoms with van der Waals surface area (Å²) in [6.45, 7) is 2.49. The van der Waals surface area contributed by atoms with E-state index in [4.69, 9.17) is 9.47 Å². The molecule has 6 heteroatoms. The zero-order valence-electron chi connectivity index (χ0n) is 14.8. The zero-order valence-corrected chi connectivity index (χ0v) is 14.8. The summed E-state index contributed by atoms with van der Waals surface area (Å²) in [5.74, 6) is 1.32. The molecule has 3 aromatic rings. The summed E-state index contributed by atoms with van der Waals surface area (Å²) < 4.78 is 13.4. The minimum absolute atomic E-state index is 0.0726. The number of hydrogen-bond donors (Lipinski definition) is 2. The lowest BCUT2D eigenvalue weighted by molar-refractivity contribution is 0.101. The summed E-state index contributed by atoms with van der Waals surface area (Å²) in [6, 6.07) is 10.5. The highest BCUT2D eigenvalue weighted by Gasteiger charge is 2.29. The lowest BCUT2D eigenvalue weighted by atomic mass is 10.1. The van der Waals surface area contributed by atoms with Gasteiger partial charge in [-0.25, -0.2) is 0 Å². The molecule has 0 bridgehead atoms. The van der Waals surface area contributed by atoms with Crippen LogP contribution in [0.2, 0.25) is 0 Å². The Bertz CT molecular complexity index is 1130. The molecule has 0 atom stereocenters. The van der Waals surface area contributed by atoms with Crippen molar-refractivity contribution in [2.75, 3.05) is 13.7 Å². The molecule has 2 aliphatic rings. The lowest BCUT2D eigenvalue weighted by Gasteiger charge is -2.18. The Labute approximate surface area is 155 Å². The Hall–Kier alpha value is -3.25. The van der Waals surface area contributed by atoms with Crippen molar-refractivity contribution < 1.29 is 19.4 Å². The number of ketones is 1. The van der Waals surface area contributed by atoms with Crippen LogP contribution in [-0.4, -0.2) is 29.1 Å². The molecule has 0 spiro atoms. The van der Waals surface area contributed by atoms with Crippen molar-refractivity contribution in [1.82, 2.24) is 9.88 Å². The van der Waals surface area contributed by atoms with Crippen LogP contribution in [0.5, 0.6) is 17.2 Å². The lowest BCUT2D eigenvalue weighted by Crippen LogP contribution is -2.28. The van der Waals surface area contributed by atoms with Crippen molar-refractivity contribution in [2.24, 2.45) is 0 Å². The summed E-state index contributed by atoms with van der Waals surface area (Å²) in [5.41, 5.74) is 3.65. The Morgan fingerprint density at radius 3 is 3.00 bits per heavy atom. The normalized spacial score (nSPS) is 17.1. The summed E-state index contributed by atoms with van der Waals surface area (Å²) in [5, 5.41) is 14.1. The van der Waals surface area contributed by atoms with Crippen LogP contribution < -0.4 is 14.8 Å². The van der Waals surface area contributed by atoms with Crippen molar-refractivity contribution in [3.05, 3.63) is 59.0 Å². The number of allylic oxidation sites excluding steroid dienone is 1. The van der Waals surface area contributed by atoms with Crippen LogP contribution >= 0.6 is 0 Å². The molecular formula is C21H18N2O4. The van der Waals surface area contributed by atoms with Crippen molar-refractivity contribution >= 4 is 22.8 Å². The van der Waals surface area contributed by atoms with Gasteiger partial charge in [-0.05, 0) is 36.4 Å². The Kier molecular flexibility index (Phi) is 3.48. The molecule has 2 aromatic carbocycles. The number of methoxy groups -OCH3 is 1. The number of carbonyl (C=O) groups excluding carboxylic acids is 1. The fraction of sp³-hybridized carbons (Fsp3) is 0.190. The number of fused-ring (bicyclic) bond motifs is 4. The van der Waals surface area contributed by atoms with Gasteiger partial charge in [0.25, 0.3) is 0 Å². The number of hydrogen-bond acceptors (Lipinski definition) is 5. The average molecular weight is 362 g/mol. The molecule has 136 valence electrons. The van der Waals surface area contributed by atoms with Crippen LogP contribution in [0.15, 0.2) is 42.2 Å². The molecule has 27 heavy (non-hydrogen) atoms. The average Bonchev–Trinajstić information content (AvgIpc) is 3.16. The second kappa shape index (κ2) is 5.89. The first-order valence-electron chi connectivity index (χ1n) is 8.83. The summed E-state index contributed by atoms with van der Waals surface area (Å²) in [6.07, 6.45) is 1.81. The van der Waals surface area contributed by atoms with E-state index in [9.17, 15) is 9.90 Å². The van der Waals surface area contributed by atoms with Gasteiger partial charge in [0.1, 0.15) is 17.2 Å². The third-order valence-corrected chi connectivity index (χ3v) is 5.15. The number of aromatic nitrogens is 1. The highest BCUT2D eigenvalue weighted by atomic mass is 16.5. The van der Waals surface area contributed by atoms with Crippen LogP contribution in [0.1, 0.15) is 21.6 Å². The number of carbonyl (C=O) groups is 1. The van der Waals surface area contributed by atoms with E-state index < -0.39 is 0 Å². The Morgan fingerprint density at radius 2 is 2.15 bits per heavy atom. The van der Waals surface area contributed by atoms with E-state index in [-0.39, 0.29) is 17.3 Å². The van der Waals surface area contributed by atoms with E-state index in [0.29, 0.717) is 11.3 Å². The smallest absolute Gasteiger partial charge is 0.231 e. The van der Waals surface area contributed by atoms with E-state index in [2.05, 4.69) is 16.0 Å². The minimum atomic E-state index is -0.176. The van der Waals surface area contributed by atoms with E-state index in [1.165, 1.54) is 12.1 Å². The summed E-state index contributed by atoms with van der Waals surface area (Å²) in [4.78, 5) is 12.7. The predicted molar refractivity (Wildman–Crippen MR) is 101 cm³/mol. The number of phenolic OH excluding ortho intramolecular Hbond substituents is 1. The maximum Gasteiger partial charge on any atom is 0.231 e. The van der Waals surface area contributed by atoms with Gasteiger partial charge in [-0.1, -0.05) is 0 Å². The molecule has 1 aromatic heterocycles. The van der Waals surface area contributed by atoms with Gasteiger partial charge in [-0.2, -0.15) is 0 Å². The van der Waals surface area contributed by atoms with E-state index in [1.54, 1.807) is 19.3 Å². The molecule has 0 saturated heterocycles.